The molecule has 3 aromatic rings. The number of aldehydes is 1. The van der Waals surface area contributed by atoms with Gasteiger partial charge in [-0.3, -0.25) is 0 Å². The molecule has 0 saturated carbocycles. The highest BCUT2D eigenvalue weighted by atomic mass is 16.6. The van der Waals surface area contributed by atoms with Gasteiger partial charge in [0.2, 0.25) is 0 Å². The van der Waals surface area contributed by atoms with Crippen molar-refractivity contribution in [1.29, 1.82) is 0 Å². The molecule has 0 fully saturated rings. The highest BCUT2D eigenvalue weighted by Crippen LogP contribution is 2.38. The normalized spacial score (nSPS) is 13.1. The van der Waals surface area contributed by atoms with Crippen LogP contribution >= 0.6 is 0 Å². The lowest BCUT2D eigenvalue weighted by Gasteiger charge is -2.15. The first-order valence-electron chi connectivity index (χ1n) is 13.7. The van der Waals surface area contributed by atoms with E-state index in [4.69, 9.17) is 14.2 Å². The Morgan fingerprint density at radius 2 is 1.68 bits per heavy atom. The number of rotatable bonds is 11. The van der Waals surface area contributed by atoms with Crippen LogP contribution in [0.25, 0.3) is 11.1 Å². The third kappa shape index (κ3) is 9.97. The molecule has 40 heavy (non-hydrogen) atoms. The smallest absolute Gasteiger partial charge is 0.126 e. The summed E-state index contributed by atoms with van der Waals surface area (Å²) in [6.07, 6.45) is 3.64. The zero-order chi connectivity index (χ0) is 29.3. The van der Waals surface area contributed by atoms with Crippen LogP contribution in [0.5, 0.6) is 17.2 Å². The van der Waals surface area contributed by atoms with Gasteiger partial charge in [0.25, 0.3) is 0 Å². The predicted molar refractivity (Wildman–Crippen MR) is 160 cm³/mol. The van der Waals surface area contributed by atoms with E-state index in [2.05, 4.69) is 72.2 Å². The number of carbonyl (C=O) groups excluding carboxylic acids is 1. The second-order valence-corrected chi connectivity index (χ2v) is 9.55. The van der Waals surface area contributed by atoms with E-state index >= 15 is 0 Å². The van der Waals surface area contributed by atoms with Crippen LogP contribution in [0.3, 0.4) is 0 Å². The van der Waals surface area contributed by atoms with E-state index in [-0.39, 0.29) is 5.92 Å². The maximum atomic E-state index is 10.9. The van der Waals surface area contributed by atoms with Gasteiger partial charge in [-0.15, -0.1) is 0 Å². The van der Waals surface area contributed by atoms with Gasteiger partial charge >= 0.3 is 0 Å². The summed E-state index contributed by atoms with van der Waals surface area (Å²) in [5.41, 5.74) is 9.46. The fraction of sp³-hybridized carbons (Fsp3) is 0.424. The summed E-state index contributed by atoms with van der Waals surface area (Å²) in [5, 5.41) is 0. The molecule has 0 aliphatic carbocycles. The Bertz CT molecular complexity index is 1150. The van der Waals surface area contributed by atoms with Crippen molar-refractivity contribution >= 4 is 6.29 Å². The molecule has 1 atom stereocenters. The molecule has 0 aromatic heterocycles. The van der Waals surface area contributed by atoms with E-state index < -0.39 is 0 Å². The van der Waals surface area contributed by atoms with Crippen molar-refractivity contribution in [3.8, 4) is 28.4 Å². The Morgan fingerprint density at radius 1 is 0.975 bits per heavy atom. The summed E-state index contributed by atoms with van der Waals surface area (Å²) < 4.78 is 22.0. The molecule has 0 saturated heterocycles. The van der Waals surface area contributed by atoms with E-state index in [1.54, 1.807) is 28.4 Å². The molecule has 7 heteroatoms. The van der Waals surface area contributed by atoms with E-state index in [0.717, 1.165) is 54.1 Å². The Balaban J connectivity index is 0.000000722. The number of methoxy groups -OCH3 is 1. The second kappa shape index (κ2) is 18.1. The van der Waals surface area contributed by atoms with Crippen molar-refractivity contribution in [3.63, 3.8) is 0 Å². The fourth-order valence-electron chi connectivity index (χ4n) is 4.44. The number of ether oxygens (including phenoxy) is 4. The van der Waals surface area contributed by atoms with E-state index in [0.29, 0.717) is 19.6 Å². The second-order valence-electron chi connectivity index (χ2n) is 9.55. The van der Waals surface area contributed by atoms with Gasteiger partial charge in [0, 0.05) is 45.2 Å². The Kier molecular flexibility index (Phi) is 14.8. The fourth-order valence-corrected chi connectivity index (χ4v) is 4.44. The highest BCUT2D eigenvalue weighted by Gasteiger charge is 2.24. The number of unbranched alkanes of at least 4 members (excludes halogenated alkanes) is 1. The van der Waals surface area contributed by atoms with Crippen molar-refractivity contribution in [2.24, 2.45) is 0 Å². The van der Waals surface area contributed by atoms with Gasteiger partial charge in [-0.05, 0) is 72.4 Å². The molecule has 0 radical (unpaired) electrons. The number of benzene rings is 3. The minimum Gasteiger partial charge on any atom is -0.494 e. The van der Waals surface area contributed by atoms with Crippen LogP contribution in [0, 0.1) is 13.8 Å². The first-order valence-corrected chi connectivity index (χ1v) is 13.7. The lowest BCUT2D eigenvalue weighted by molar-refractivity contribution is -0.108. The van der Waals surface area contributed by atoms with Crippen LogP contribution in [0.1, 0.15) is 54.4 Å². The number of aryl methyl sites for hydroxylation is 2. The monoisotopic (exact) mass is 551 g/mol. The molecular weight excluding hydrogens is 506 g/mol. The lowest BCUT2D eigenvalue weighted by atomic mass is 9.94. The van der Waals surface area contributed by atoms with Crippen LogP contribution in [0.15, 0.2) is 54.6 Å². The van der Waals surface area contributed by atoms with Crippen LogP contribution in [0.2, 0.25) is 0 Å². The molecule has 0 amide bonds. The van der Waals surface area contributed by atoms with Crippen molar-refractivity contribution in [2.75, 3.05) is 41.6 Å². The van der Waals surface area contributed by atoms with Gasteiger partial charge in [-0.2, -0.15) is 0 Å². The predicted octanol–water partition coefficient (Wildman–Crippen LogP) is 6.82. The van der Waals surface area contributed by atoms with E-state index in [1.807, 2.05) is 18.2 Å². The van der Waals surface area contributed by atoms with Crippen LogP contribution in [-0.2, 0) is 21.0 Å². The molecule has 0 spiro atoms. The first-order chi connectivity index (χ1) is 19.4. The topological polar surface area (TPSA) is 75.3 Å². The molecule has 1 N–H and O–H groups in total. The van der Waals surface area contributed by atoms with Crippen LogP contribution in [0.4, 0.5) is 0 Å². The molecule has 0 bridgehead atoms. The quantitative estimate of drug-likeness (QED) is 0.159. The third-order valence-electron chi connectivity index (χ3n) is 6.34. The molecule has 7 nitrogen and oxygen atoms in total. The van der Waals surface area contributed by atoms with E-state index in [9.17, 15) is 4.79 Å². The maximum absolute atomic E-state index is 10.9. The highest BCUT2D eigenvalue weighted by molar-refractivity contribution is 5.72. The molecule has 1 unspecified atom stereocenters. The zero-order valence-electron chi connectivity index (χ0n) is 25.0. The largest absolute Gasteiger partial charge is 0.494 e. The van der Waals surface area contributed by atoms with Crippen molar-refractivity contribution in [3.05, 3.63) is 76.9 Å². The Hall–Kier alpha value is -3.39. The number of fused-ring (bicyclic) bond motifs is 1. The molecule has 3 aromatic carbocycles. The average Bonchev–Trinajstić information content (AvgIpc) is 3.35. The molecule has 4 rings (SSSR count). The van der Waals surface area contributed by atoms with Crippen LogP contribution in [-0.4, -0.2) is 47.9 Å². The number of hydrogen-bond acceptors (Lipinski definition) is 7. The summed E-state index contributed by atoms with van der Waals surface area (Å²) in [4.78, 5) is 15.1. The van der Waals surface area contributed by atoms with E-state index in [1.165, 1.54) is 22.3 Å². The minimum absolute atomic E-state index is 0.151. The third-order valence-corrected chi connectivity index (χ3v) is 6.34. The zero-order valence-corrected chi connectivity index (χ0v) is 25.0. The van der Waals surface area contributed by atoms with Gasteiger partial charge in [0.15, 0.2) is 0 Å². The van der Waals surface area contributed by atoms with Crippen molar-refractivity contribution in [1.82, 2.24) is 5.48 Å². The Morgan fingerprint density at radius 3 is 2.30 bits per heavy atom. The summed E-state index contributed by atoms with van der Waals surface area (Å²) in [5.74, 6) is 2.68. The standard InChI is InChI=1S/C29H32O4.C2H7NO.C2H6O/c1-4-5-13-31-26-14-20(2)29(21(3)15-26)23-8-6-7-22(16-23)18-32-25-9-10-27-24(11-12-30)19-33-28(27)17-25;1-3-4-2;1-3-2/h6-10,12,14-17,24H,4-5,11,13,18-19H2,1-3H3;3H,1-2H3;1-2H3. The number of hydroxylamine groups is 1. The van der Waals surface area contributed by atoms with Gasteiger partial charge in [-0.25, -0.2) is 5.48 Å². The summed E-state index contributed by atoms with van der Waals surface area (Å²) in [6, 6.07) is 18.7. The van der Waals surface area contributed by atoms with Gasteiger partial charge in [0.1, 0.15) is 30.1 Å². The SMILES string of the molecule is CCCCOc1cc(C)c(-c2cccc(COc3ccc4c(c3)OCC4CC=O)c2)c(C)c1.CNOC.COC. The summed E-state index contributed by atoms with van der Waals surface area (Å²) in [6.45, 7) is 8.23. The van der Waals surface area contributed by atoms with Gasteiger partial charge in [0.05, 0.1) is 20.3 Å². The number of hydrogen-bond donors (Lipinski definition) is 1. The molecule has 1 aliphatic rings. The minimum atomic E-state index is 0.151. The molecule has 1 heterocycles. The Labute approximate surface area is 239 Å². The molecule has 1 aliphatic heterocycles. The van der Waals surface area contributed by atoms with Gasteiger partial charge in [-0.1, -0.05) is 37.6 Å². The van der Waals surface area contributed by atoms with Crippen LogP contribution < -0.4 is 19.7 Å². The van der Waals surface area contributed by atoms with Crippen molar-refractivity contribution < 1.29 is 28.6 Å². The summed E-state index contributed by atoms with van der Waals surface area (Å²) in [7, 11) is 6.53. The summed E-state index contributed by atoms with van der Waals surface area (Å²) >= 11 is 0. The van der Waals surface area contributed by atoms with Gasteiger partial charge < -0.3 is 28.6 Å². The lowest BCUT2D eigenvalue weighted by Crippen LogP contribution is -2.00. The maximum Gasteiger partial charge on any atom is 0.126 e. The first kappa shape index (κ1) is 32.8. The van der Waals surface area contributed by atoms with Crippen molar-refractivity contribution in [2.45, 2.75) is 52.6 Å². The average molecular weight is 552 g/mol. The number of carbonyl (C=O) groups is 1. The molecular formula is C33H45NO6. The molecule has 218 valence electrons. The number of nitrogens with one attached hydrogen (secondary N) is 1.